The van der Waals surface area contributed by atoms with Gasteiger partial charge < -0.3 is 14.5 Å². The van der Waals surface area contributed by atoms with E-state index >= 15 is 0 Å². The molecule has 0 amide bonds. The molecule has 0 aliphatic heterocycles. The molecular formula is C18H14N2O3. The number of ether oxygens (including phenoxy) is 2. The van der Waals surface area contributed by atoms with Crippen molar-refractivity contribution in [2.24, 2.45) is 0 Å². The van der Waals surface area contributed by atoms with Crippen molar-refractivity contribution in [3.63, 3.8) is 0 Å². The molecule has 0 unspecified atom stereocenters. The molecule has 0 fully saturated rings. The van der Waals surface area contributed by atoms with Gasteiger partial charge in [-0.2, -0.15) is 5.26 Å². The van der Waals surface area contributed by atoms with Crippen LogP contribution in [-0.2, 0) is 6.61 Å². The molecule has 1 N–H and O–H groups in total. The number of H-pyrrole nitrogens is 1. The maximum atomic E-state index is 12.2. The lowest BCUT2D eigenvalue weighted by Gasteiger charge is -2.12. The summed E-state index contributed by atoms with van der Waals surface area (Å²) in [6, 6.07) is 14.9. The highest BCUT2D eigenvalue weighted by Gasteiger charge is 2.11. The first-order valence-corrected chi connectivity index (χ1v) is 7.03. The topological polar surface area (TPSA) is 75.1 Å². The quantitative estimate of drug-likeness (QED) is 0.804. The Morgan fingerprint density at radius 1 is 1.17 bits per heavy atom. The van der Waals surface area contributed by atoms with Crippen molar-refractivity contribution < 1.29 is 9.47 Å². The Kier molecular flexibility index (Phi) is 3.98. The summed E-state index contributed by atoms with van der Waals surface area (Å²) in [6.07, 6.45) is 1.40. The average Bonchev–Trinajstić information content (AvgIpc) is 2.60. The van der Waals surface area contributed by atoms with Crippen LogP contribution < -0.4 is 14.9 Å². The number of nitrogens with zero attached hydrogens (tertiary/aromatic N) is 1. The number of pyridine rings is 1. The molecule has 0 aliphatic carbocycles. The molecule has 5 heteroatoms. The third-order valence-corrected chi connectivity index (χ3v) is 3.52. The number of fused-ring (bicyclic) bond motifs is 1. The molecule has 2 aromatic carbocycles. The van der Waals surface area contributed by atoms with Gasteiger partial charge in [-0.15, -0.1) is 0 Å². The molecule has 23 heavy (non-hydrogen) atoms. The lowest BCUT2D eigenvalue weighted by molar-refractivity contribution is 0.285. The zero-order valence-corrected chi connectivity index (χ0v) is 12.5. The van der Waals surface area contributed by atoms with Gasteiger partial charge in [0.1, 0.15) is 18.2 Å². The maximum Gasteiger partial charge on any atom is 0.207 e. The summed E-state index contributed by atoms with van der Waals surface area (Å²) in [5, 5.41) is 9.34. The van der Waals surface area contributed by atoms with E-state index in [9.17, 15) is 4.79 Å². The average molecular weight is 308 g/mol. The Bertz CT molecular complexity index is 940. The van der Waals surface area contributed by atoms with Gasteiger partial charge in [0.25, 0.3) is 0 Å². The summed E-state index contributed by atoms with van der Waals surface area (Å²) in [4.78, 5) is 15.1. The fourth-order valence-corrected chi connectivity index (χ4v) is 2.32. The molecule has 0 spiro atoms. The molecular weight excluding hydrogens is 294 g/mol. The van der Waals surface area contributed by atoms with E-state index in [0.29, 0.717) is 29.0 Å². The molecule has 0 bridgehead atoms. The Balaban J connectivity index is 2.00. The van der Waals surface area contributed by atoms with Gasteiger partial charge in [-0.25, -0.2) is 0 Å². The zero-order valence-electron chi connectivity index (χ0n) is 12.5. The molecule has 1 heterocycles. The van der Waals surface area contributed by atoms with Crippen molar-refractivity contribution >= 4 is 10.9 Å². The molecule has 5 nitrogen and oxygen atoms in total. The van der Waals surface area contributed by atoms with Gasteiger partial charge >= 0.3 is 0 Å². The van der Waals surface area contributed by atoms with Crippen LogP contribution in [0.25, 0.3) is 10.9 Å². The predicted molar refractivity (Wildman–Crippen MR) is 86.6 cm³/mol. The van der Waals surface area contributed by atoms with Gasteiger partial charge in [-0.1, -0.05) is 30.3 Å². The van der Waals surface area contributed by atoms with E-state index in [1.165, 1.54) is 13.3 Å². The number of methoxy groups -OCH3 is 1. The first-order chi connectivity index (χ1) is 11.2. The Morgan fingerprint density at radius 2 is 1.96 bits per heavy atom. The lowest BCUT2D eigenvalue weighted by Crippen LogP contribution is -2.08. The normalized spacial score (nSPS) is 10.3. The van der Waals surface area contributed by atoms with Gasteiger partial charge in [0, 0.05) is 12.3 Å². The summed E-state index contributed by atoms with van der Waals surface area (Å²) < 4.78 is 11.1. The van der Waals surface area contributed by atoms with Crippen molar-refractivity contribution in [3.8, 4) is 17.6 Å². The van der Waals surface area contributed by atoms with Crippen LogP contribution in [-0.4, -0.2) is 12.1 Å². The first-order valence-electron chi connectivity index (χ1n) is 7.03. The van der Waals surface area contributed by atoms with E-state index in [2.05, 4.69) is 4.98 Å². The second-order valence-corrected chi connectivity index (χ2v) is 4.97. The zero-order chi connectivity index (χ0) is 16.2. The van der Waals surface area contributed by atoms with Crippen LogP contribution in [0.3, 0.4) is 0 Å². The monoisotopic (exact) mass is 308 g/mol. The fraction of sp³-hybridized carbons (Fsp3) is 0.111. The fourth-order valence-electron chi connectivity index (χ4n) is 2.32. The highest BCUT2D eigenvalue weighted by molar-refractivity contribution is 5.83. The van der Waals surface area contributed by atoms with Gasteiger partial charge in [0.05, 0.1) is 18.0 Å². The van der Waals surface area contributed by atoms with Crippen molar-refractivity contribution in [2.45, 2.75) is 6.61 Å². The van der Waals surface area contributed by atoms with E-state index in [1.807, 2.05) is 36.4 Å². The van der Waals surface area contributed by atoms with Crippen LogP contribution in [0.15, 0.2) is 53.5 Å². The Hall–Kier alpha value is -3.26. The van der Waals surface area contributed by atoms with Gasteiger partial charge in [-0.05, 0) is 11.6 Å². The summed E-state index contributed by atoms with van der Waals surface area (Å²) in [7, 11) is 1.51. The first kappa shape index (κ1) is 14.7. The summed E-state index contributed by atoms with van der Waals surface area (Å²) in [5.41, 5.74) is 1.37. The van der Waals surface area contributed by atoms with Crippen LogP contribution in [0, 0.1) is 11.3 Å². The SMILES string of the molecule is COc1cc2c(=O)c([14C]#N)c[nH]c2cc1OCc1ccccc1. The molecule has 0 aliphatic rings. The van der Waals surface area contributed by atoms with Gasteiger partial charge in [-0.3, -0.25) is 4.79 Å². The van der Waals surface area contributed by atoms with Crippen molar-refractivity contribution in [1.82, 2.24) is 4.98 Å². The minimum Gasteiger partial charge on any atom is -0.493 e. The van der Waals surface area contributed by atoms with Crippen molar-refractivity contribution in [1.29, 1.82) is 5.26 Å². The standard InChI is InChI=1S/C18H14N2O3/c1-22-16-7-14-15(20-10-13(9-19)18(14)21)8-17(16)23-11-12-5-3-2-4-6-12/h2-8,10H,11H2,1H3,(H,20,21)/i9+2. The minimum absolute atomic E-state index is 0.0671. The number of aromatic nitrogens is 1. The molecule has 114 valence electrons. The highest BCUT2D eigenvalue weighted by Crippen LogP contribution is 2.31. The van der Waals surface area contributed by atoms with E-state index in [-0.39, 0.29) is 11.0 Å². The lowest BCUT2D eigenvalue weighted by atomic mass is 10.1. The number of rotatable bonds is 4. The smallest absolute Gasteiger partial charge is 0.207 e. The molecule has 3 aromatic rings. The Morgan fingerprint density at radius 3 is 2.65 bits per heavy atom. The summed E-state index contributed by atoms with van der Waals surface area (Å²) in [5.74, 6) is 0.984. The number of nitriles is 1. The summed E-state index contributed by atoms with van der Waals surface area (Å²) >= 11 is 0. The number of nitrogens with one attached hydrogen (secondary N) is 1. The predicted octanol–water partition coefficient (Wildman–Crippen LogP) is 2.99. The minimum atomic E-state index is -0.325. The van der Waals surface area contributed by atoms with Crippen molar-refractivity contribution in [2.75, 3.05) is 7.11 Å². The molecule has 0 atom stereocenters. The third kappa shape index (κ3) is 2.87. The van der Waals surface area contributed by atoms with E-state index in [0.717, 1.165) is 5.56 Å². The van der Waals surface area contributed by atoms with Crippen LogP contribution in [0.1, 0.15) is 11.1 Å². The maximum absolute atomic E-state index is 12.2. The number of hydrogen-bond acceptors (Lipinski definition) is 4. The van der Waals surface area contributed by atoms with E-state index in [1.54, 1.807) is 12.1 Å². The molecule has 3 rings (SSSR count). The third-order valence-electron chi connectivity index (χ3n) is 3.52. The Labute approximate surface area is 132 Å². The van der Waals surface area contributed by atoms with Gasteiger partial charge in [0.15, 0.2) is 11.5 Å². The van der Waals surface area contributed by atoms with Crippen LogP contribution in [0.5, 0.6) is 11.5 Å². The second-order valence-electron chi connectivity index (χ2n) is 4.97. The molecule has 0 radical (unpaired) electrons. The van der Waals surface area contributed by atoms with Crippen LogP contribution in [0.4, 0.5) is 0 Å². The molecule has 1 aromatic heterocycles. The molecule has 0 saturated heterocycles. The van der Waals surface area contributed by atoms with E-state index in [4.69, 9.17) is 14.7 Å². The second kappa shape index (κ2) is 6.24. The number of hydrogen-bond donors (Lipinski definition) is 1. The molecule has 0 saturated carbocycles. The largest absolute Gasteiger partial charge is 0.493 e. The van der Waals surface area contributed by atoms with Crippen LogP contribution >= 0.6 is 0 Å². The summed E-state index contributed by atoms with van der Waals surface area (Å²) in [6.45, 7) is 0.392. The highest BCUT2D eigenvalue weighted by atomic mass is 16.5. The van der Waals surface area contributed by atoms with Gasteiger partial charge in [0.2, 0.25) is 5.43 Å². The number of benzene rings is 2. The number of aromatic amines is 1. The van der Waals surface area contributed by atoms with E-state index < -0.39 is 0 Å². The van der Waals surface area contributed by atoms with Crippen LogP contribution in [0.2, 0.25) is 0 Å². The van der Waals surface area contributed by atoms with Crippen molar-refractivity contribution in [3.05, 3.63) is 70.0 Å².